The summed E-state index contributed by atoms with van der Waals surface area (Å²) in [7, 11) is 2.29. The number of piperazine rings is 1. The van der Waals surface area contributed by atoms with Crippen LogP contribution in [-0.2, 0) is 0 Å². The average Bonchev–Trinajstić information content (AvgIpc) is 2.33. The van der Waals surface area contributed by atoms with E-state index in [4.69, 9.17) is 0 Å². The Kier molecular flexibility index (Phi) is 4.62. The van der Waals surface area contributed by atoms with Gasteiger partial charge in [0.15, 0.2) is 0 Å². The number of hydrogen-bond acceptors (Lipinski definition) is 3. The van der Waals surface area contributed by atoms with Gasteiger partial charge in [0.2, 0.25) is 0 Å². The third-order valence-corrected chi connectivity index (χ3v) is 4.26. The van der Waals surface area contributed by atoms with Crippen molar-refractivity contribution in [3.05, 3.63) is 0 Å². The van der Waals surface area contributed by atoms with E-state index in [0.29, 0.717) is 0 Å². The molecule has 3 heteroatoms. The smallest absolute Gasteiger partial charge is 0.0220 e. The van der Waals surface area contributed by atoms with Crippen LogP contribution in [0.15, 0.2) is 0 Å². The van der Waals surface area contributed by atoms with Crippen LogP contribution in [-0.4, -0.2) is 61.7 Å². The fourth-order valence-corrected chi connectivity index (χ4v) is 3.12. The van der Waals surface area contributed by atoms with Crippen molar-refractivity contribution >= 4 is 0 Å². The lowest BCUT2D eigenvalue weighted by molar-refractivity contribution is 0.0496. The monoisotopic (exact) mass is 225 g/mol. The first kappa shape index (κ1) is 12.3. The number of rotatable bonds is 3. The number of likely N-dealkylation sites (N-methyl/N-ethyl adjacent to an activating group) is 1. The van der Waals surface area contributed by atoms with Gasteiger partial charge in [-0.1, -0.05) is 13.3 Å². The van der Waals surface area contributed by atoms with Gasteiger partial charge in [-0.25, -0.2) is 0 Å². The average molecular weight is 225 g/mol. The van der Waals surface area contributed by atoms with Crippen LogP contribution in [0.25, 0.3) is 0 Å². The second kappa shape index (κ2) is 5.99. The summed E-state index contributed by atoms with van der Waals surface area (Å²) in [6, 6.07) is 1.66. The largest absolute Gasteiger partial charge is 0.317 e. The fraction of sp³-hybridized carbons (Fsp3) is 1.00. The molecule has 0 aromatic carbocycles. The topological polar surface area (TPSA) is 18.5 Å². The predicted molar refractivity (Wildman–Crippen MR) is 68.8 cm³/mol. The van der Waals surface area contributed by atoms with E-state index < -0.39 is 0 Å². The molecule has 2 saturated heterocycles. The highest BCUT2D eigenvalue weighted by molar-refractivity contribution is 4.86. The van der Waals surface area contributed by atoms with Gasteiger partial charge < -0.3 is 10.2 Å². The van der Waals surface area contributed by atoms with Gasteiger partial charge in [-0.05, 0) is 39.4 Å². The van der Waals surface area contributed by atoms with E-state index in [9.17, 15) is 0 Å². The number of nitrogens with zero attached hydrogens (tertiary/aromatic N) is 2. The summed E-state index contributed by atoms with van der Waals surface area (Å²) in [6.45, 7) is 8.58. The zero-order chi connectivity index (χ0) is 11.4. The lowest BCUT2D eigenvalue weighted by Gasteiger charge is -2.44. The number of nitrogens with one attached hydrogen (secondary N) is 1. The van der Waals surface area contributed by atoms with E-state index >= 15 is 0 Å². The van der Waals surface area contributed by atoms with E-state index in [1.54, 1.807) is 0 Å². The second-order valence-corrected chi connectivity index (χ2v) is 5.40. The summed E-state index contributed by atoms with van der Waals surface area (Å²) in [6.07, 6.45) is 5.37. The van der Waals surface area contributed by atoms with Crippen LogP contribution in [0.5, 0.6) is 0 Å². The van der Waals surface area contributed by atoms with Crippen LogP contribution < -0.4 is 5.32 Å². The minimum absolute atomic E-state index is 0.800. The molecule has 0 radical (unpaired) electrons. The van der Waals surface area contributed by atoms with E-state index in [-0.39, 0.29) is 0 Å². The SMILES string of the molecule is CCCC1CN(C2CCNCC2)CCN1C. The first-order valence-electron chi connectivity index (χ1n) is 6.96. The van der Waals surface area contributed by atoms with Crippen molar-refractivity contribution in [2.75, 3.05) is 39.8 Å². The van der Waals surface area contributed by atoms with Crippen LogP contribution in [0.2, 0.25) is 0 Å². The van der Waals surface area contributed by atoms with Crippen LogP contribution >= 0.6 is 0 Å². The Bertz CT molecular complexity index is 201. The Balaban J connectivity index is 1.86. The molecule has 1 N–H and O–H groups in total. The van der Waals surface area contributed by atoms with Gasteiger partial charge in [0.1, 0.15) is 0 Å². The Labute approximate surface area is 100 Å². The van der Waals surface area contributed by atoms with Crippen molar-refractivity contribution < 1.29 is 0 Å². The summed E-state index contributed by atoms with van der Waals surface area (Å²) in [5.41, 5.74) is 0. The van der Waals surface area contributed by atoms with Gasteiger partial charge in [0.25, 0.3) is 0 Å². The standard InChI is InChI=1S/C13H27N3/c1-3-4-13-11-16(10-9-15(13)2)12-5-7-14-8-6-12/h12-14H,3-11H2,1-2H3. The zero-order valence-electron chi connectivity index (χ0n) is 10.9. The minimum Gasteiger partial charge on any atom is -0.317 e. The third kappa shape index (κ3) is 2.96. The molecule has 2 heterocycles. The summed E-state index contributed by atoms with van der Waals surface area (Å²) in [5.74, 6) is 0. The lowest BCUT2D eigenvalue weighted by Crippen LogP contribution is -2.56. The summed E-state index contributed by atoms with van der Waals surface area (Å²) in [5, 5.41) is 3.46. The molecule has 0 spiro atoms. The highest BCUT2D eigenvalue weighted by atomic mass is 15.3. The maximum absolute atomic E-state index is 3.46. The van der Waals surface area contributed by atoms with Gasteiger partial charge in [0, 0.05) is 31.7 Å². The molecule has 16 heavy (non-hydrogen) atoms. The minimum atomic E-state index is 0.800. The van der Waals surface area contributed by atoms with Gasteiger partial charge in [-0.2, -0.15) is 0 Å². The maximum Gasteiger partial charge on any atom is 0.0220 e. The molecule has 2 aliphatic heterocycles. The van der Waals surface area contributed by atoms with Gasteiger partial charge >= 0.3 is 0 Å². The maximum atomic E-state index is 3.46. The van der Waals surface area contributed by atoms with E-state index in [0.717, 1.165) is 12.1 Å². The Hall–Kier alpha value is -0.120. The number of hydrogen-bond donors (Lipinski definition) is 1. The van der Waals surface area contributed by atoms with Crippen molar-refractivity contribution in [2.45, 2.75) is 44.7 Å². The van der Waals surface area contributed by atoms with Crippen LogP contribution in [0.3, 0.4) is 0 Å². The van der Waals surface area contributed by atoms with Crippen molar-refractivity contribution in [2.24, 2.45) is 0 Å². The Morgan fingerprint density at radius 1 is 1.19 bits per heavy atom. The van der Waals surface area contributed by atoms with Crippen LogP contribution in [0, 0.1) is 0 Å². The zero-order valence-corrected chi connectivity index (χ0v) is 10.9. The lowest BCUT2D eigenvalue weighted by atomic mass is 10.0. The molecule has 2 aliphatic rings. The summed E-state index contributed by atoms with van der Waals surface area (Å²) in [4.78, 5) is 5.31. The van der Waals surface area contributed by atoms with E-state index in [1.165, 1.54) is 58.4 Å². The quantitative estimate of drug-likeness (QED) is 0.777. The van der Waals surface area contributed by atoms with Crippen LogP contribution in [0.1, 0.15) is 32.6 Å². The van der Waals surface area contributed by atoms with Gasteiger partial charge in [0.05, 0.1) is 0 Å². The van der Waals surface area contributed by atoms with E-state index in [1.807, 2.05) is 0 Å². The molecule has 94 valence electrons. The van der Waals surface area contributed by atoms with Gasteiger partial charge in [-0.15, -0.1) is 0 Å². The first-order valence-corrected chi connectivity index (χ1v) is 6.96. The van der Waals surface area contributed by atoms with Crippen LogP contribution in [0.4, 0.5) is 0 Å². The Morgan fingerprint density at radius 2 is 1.94 bits per heavy atom. The summed E-state index contributed by atoms with van der Waals surface area (Å²) >= 11 is 0. The highest BCUT2D eigenvalue weighted by Gasteiger charge is 2.28. The molecule has 1 atom stereocenters. The molecule has 1 unspecified atom stereocenters. The van der Waals surface area contributed by atoms with Gasteiger partial charge in [-0.3, -0.25) is 4.90 Å². The first-order chi connectivity index (χ1) is 7.81. The molecule has 0 aromatic rings. The fourth-order valence-electron chi connectivity index (χ4n) is 3.12. The third-order valence-electron chi connectivity index (χ3n) is 4.26. The normalized spacial score (nSPS) is 30.8. The van der Waals surface area contributed by atoms with Crippen molar-refractivity contribution in [3.63, 3.8) is 0 Å². The number of piperidine rings is 1. The molecule has 0 bridgehead atoms. The molecule has 0 saturated carbocycles. The highest BCUT2D eigenvalue weighted by Crippen LogP contribution is 2.19. The predicted octanol–water partition coefficient (Wildman–Crippen LogP) is 1.15. The van der Waals surface area contributed by atoms with Crippen molar-refractivity contribution in [1.82, 2.24) is 15.1 Å². The molecular formula is C13H27N3. The molecular weight excluding hydrogens is 198 g/mol. The molecule has 0 aliphatic carbocycles. The second-order valence-electron chi connectivity index (χ2n) is 5.40. The van der Waals surface area contributed by atoms with Crippen molar-refractivity contribution in [1.29, 1.82) is 0 Å². The molecule has 2 fully saturated rings. The van der Waals surface area contributed by atoms with E-state index in [2.05, 4.69) is 29.1 Å². The van der Waals surface area contributed by atoms with Crippen molar-refractivity contribution in [3.8, 4) is 0 Å². The molecule has 3 nitrogen and oxygen atoms in total. The molecule has 2 rings (SSSR count). The summed E-state index contributed by atoms with van der Waals surface area (Å²) < 4.78 is 0. The molecule has 0 amide bonds. The Morgan fingerprint density at radius 3 is 2.62 bits per heavy atom. The molecule has 0 aromatic heterocycles.